The molecule has 0 saturated carbocycles. The Morgan fingerprint density at radius 3 is 0.796 bits per heavy atom. The summed E-state index contributed by atoms with van der Waals surface area (Å²) in [5, 5.41) is 24.5. The summed E-state index contributed by atoms with van der Waals surface area (Å²) < 4.78 is 13.0. The number of nitrogens with two attached hydrogens (primary N) is 2. The molecule has 0 aromatic heterocycles. The molecule has 0 saturated heterocycles. The van der Waals surface area contributed by atoms with Gasteiger partial charge in [0.25, 0.3) is 0 Å². The molecule has 0 radical (unpaired) electrons. The second kappa shape index (κ2) is 16.1. The van der Waals surface area contributed by atoms with Gasteiger partial charge in [-0.3, -0.25) is 0 Å². The summed E-state index contributed by atoms with van der Waals surface area (Å²) in [6.45, 7) is 27.6. The molecule has 1 aliphatic rings. The summed E-state index contributed by atoms with van der Waals surface area (Å²) in [5.74, 6) is 1.75. The first-order valence-corrected chi connectivity index (χ1v) is 21.8. The van der Waals surface area contributed by atoms with Crippen LogP contribution in [0.15, 0.2) is 87.7 Å². The Bertz CT molecular complexity index is 1780. The highest BCUT2D eigenvalue weighted by Gasteiger charge is 2.29. The van der Waals surface area contributed by atoms with Gasteiger partial charge in [0.15, 0.2) is 0 Å². The highest BCUT2D eigenvalue weighted by Crippen LogP contribution is 2.55. The summed E-state index contributed by atoms with van der Waals surface area (Å²) in [4.78, 5) is 6.37. The molecule has 10 heteroatoms. The van der Waals surface area contributed by atoms with E-state index in [-0.39, 0.29) is 33.2 Å². The van der Waals surface area contributed by atoms with E-state index in [0.29, 0.717) is 37.8 Å². The Balaban J connectivity index is 1.95. The predicted octanol–water partition coefficient (Wildman–Crippen LogP) is 11.9. The van der Waals surface area contributed by atoms with E-state index >= 15 is 0 Å². The molecule has 8 bridgehead atoms. The molecule has 1 aliphatic heterocycles. The zero-order valence-corrected chi connectivity index (χ0v) is 37.2. The molecule has 0 atom stereocenters. The van der Waals surface area contributed by atoms with Crippen LogP contribution in [-0.2, 0) is 21.7 Å². The molecule has 0 amide bonds. The minimum absolute atomic E-state index is 0.197. The molecule has 0 spiro atoms. The maximum atomic E-state index is 12.2. The van der Waals surface area contributed by atoms with E-state index in [2.05, 4.69) is 132 Å². The van der Waals surface area contributed by atoms with Gasteiger partial charge in [-0.15, -0.1) is 0 Å². The van der Waals surface area contributed by atoms with Crippen molar-refractivity contribution in [2.75, 3.05) is 26.3 Å². The Hall–Kier alpha value is -2.60. The van der Waals surface area contributed by atoms with Gasteiger partial charge in [-0.1, -0.05) is 130 Å². The van der Waals surface area contributed by atoms with Crippen molar-refractivity contribution in [2.24, 2.45) is 11.5 Å². The number of phenols is 2. The first kappa shape index (κ1) is 42.5. The van der Waals surface area contributed by atoms with E-state index in [1.807, 2.05) is 0 Å². The van der Waals surface area contributed by atoms with E-state index < -0.39 is 0 Å². The maximum absolute atomic E-state index is 12.2. The van der Waals surface area contributed by atoms with Crippen LogP contribution in [0.3, 0.4) is 0 Å². The quantitative estimate of drug-likeness (QED) is 0.132. The zero-order valence-electron chi connectivity index (χ0n) is 33.9. The standard InChI is InChI=1S/C44H58N2O4S4/c1-41(2,3)25-17-29-37(47)30(18-25)52-34-22-28(44(10,11)12)24-36(40(34)50-16-14-46)54-32-20-26(42(4,5)6)19-31(38(32)48)53-35-23-27(43(7,8)9)21-33(51-29)39(35)49-15-13-45/h17-24,47-48H,13-16,45-46H2,1-12H3. The fraction of sp³-hybridized carbons (Fsp3) is 0.455. The summed E-state index contributed by atoms with van der Waals surface area (Å²) in [6.07, 6.45) is 0. The summed E-state index contributed by atoms with van der Waals surface area (Å²) in [5.41, 5.74) is 15.7. The Morgan fingerprint density at radius 2 is 0.611 bits per heavy atom. The van der Waals surface area contributed by atoms with Crippen LogP contribution in [0.1, 0.15) is 105 Å². The number of phenolic OH excluding ortho intramolecular Hbond substituents is 2. The van der Waals surface area contributed by atoms with Crippen LogP contribution in [0.2, 0.25) is 0 Å². The molecule has 0 unspecified atom stereocenters. The predicted molar refractivity (Wildman–Crippen MR) is 229 cm³/mol. The SMILES string of the molecule is CC(C)(C)c1cc2c(O)c(c1)Sc1cc(C(C)(C)C)cc(c1OCCN)Sc1cc(C(C)(C)C)cc(c1O)Sc1cc(C(C)(C)C)cc(c1OCCN)S2. The topological polar surface area (TPSA) is 111 Å². The van der Waals surface area contributed by atoms with E-state index in [1.165, 1.54) is 47.0 Å². The van der Waals surface area contributed by atoms with Crippen LogP contribution < -0.4 is 20.9 Å². The normalized spacial score (nSPS) is 13.9. The van der Waals surface area contributed by atoms with Gasteiger partial charge in [0.05, 0.1) is 39.2 Å². The second-order valence-corrected chi connectivity index (χ2v) is 22.3. The van der Waals surface area contributed by atoms with Crippen LogP contribution in [0.5, 0.6) is 23.0 Å². The minimum atomic E-state index is -0.204. The van der Waals surface area contributed by atoms with E-state index in [4.69, 9.17) is 20.9 Å². The van der Waals surface area contributed by atoms with Crippen LogP contribution in [-0.4, -0.2) is 36.5 Å². The first-order valence-electron chi connectivity index (χ1n) is 18.5. The summed E-state index contributed by atoms with van der Waals surface area (Å²) >= 11 is 5.98. The third kappa shape index (κ3) is 9.67. The molecular formula is C44H58N2O4S4. The molecule has 5 rings (SSSR count). The number of ether oxygens (including phenoxy) is 2. The Morgan fingerprint density at radius 1 is 0.407 bits per heavy atom. The second-order valence-electron chi connectivity index (χ2n) is 17.9. The third-order valence-electron chi connectivity index (χ3n) is 9.19. The van der Waals surface area contributed by atoms with Gasteiger partial charge >= 0.3 is 0 Å². The van der Waals surface area contributed by atoms with Crippen molar-refractivity contribution in [1.29, 1.82) is 0 Å². The van der Waals surface area contributed by atoms with Gasteiger partial charge in [0, 0.05) is 13.1 Å². The van der Waals surface area contributed by atoms with Gasteiger partial charge in [-0.2, -0.15) is 0 Å². The van der Waals surface area contributed by atoms with Crippen molar-refractivity contribution < 1.29 is 19.7 Å². The number of rotatable bonds is 6. The highest BCUT2D eigenvalue weighted by atomic mass is 32.2. The van der Waals surface area contributed by atoms with Crippen LogP contribution >= 0.6 is 47.0 Å². The van der Waals surface area contributed by atoms with E-state index in [1.54, 1.807) is 0 Å². The Labute approximate surface area is 340 Å². The van der Waals surface area contributed by atoms with E-state index in [0.717, 1.165) is 61.4 Å². The van der Waals surface area contributed by atoms with Crippen molar-refractivity contribution in [3.8, 4) is 23.0 Å². The molecule has 1 heterocycles. The van der Waals surface area contributed by atoms with Gasteiger partial charge in [-0.25, -0.2) is 0 Å². The van der Waals surface area contributed by atoms with Crippen LogP contribution in [0.4, 0.5) is 0 Å². The monoisotopic (exact) mass is 806 g/mol. The molecule has 0 aliphatic carbocycles. The number of hydrogen-bond donors (Lipinski definition) is 4. The number of aromatic hydroxyl groups is 2. The van der Waals surface area contributed by atoms with Crippen LogP contribution in [0, 0.1) is 0 Å². The number of benzene rings is 4. The molecule has 4 aromatic carbocycles. The molecule has 292 valence electrons. The largest absolute Gasteiger partial charge is 0.506 e. The van der Waals surface area contributed by atoms with Gasteiger partial charge in [0.1, 0.15) is 36.2 Å². The van der Waals surface area contributed by atoms with Gasteiger partial charge in [0.2, 0.25) is 0 Å². The zero-order chi connectivity index (χ0) is 40.0. The Kier molecular flexibility index (Phi) is 12.7. The molecule has 0 fully saturated rings. The summed E-state index contributed by atoms with van der Waals surface area (Å²) in [7, 11) is 0. The summed E-state index contributed by atoms with van der Waals surface area (Å²) in [6, 6.07) is 17.1. The lowest BCUT2D eigenvalue weighted by Crippen LogP contribution is -2.15. The number of fused-ring (bicyclic) bond motifs is 8. The fourth-order valence-electron chi connectivity index (χ4n) is 5.74. The average Bonchev–Trinajstić information content (AvgIpc) is 3.04. The molecule has 54 heavy (non-hydrogen) atoms. The van der Waals surface area contributed by atoms with Gasteiger partial charge < -0.3 is 31.2 Å². The molecule has 6 N–H and O–H groups in total. The van der Waals surface area contributed by atoms with Gasteiger partial charge in [-0.05, 0) is 92.4 Å². The van der Waals surface area contributed by atoms with Crippen LogP contribution in [0.25, 0.3) is 0 Å². The lowest BCUT2D eigenvalue weighted by atomic mass is 9.87. The third-order valence-corrected chi connectivity index (χ3v) is 13.4. The lowest BCUT2D eigenvalue weighted by molar-refractivity contribution is 0.312. The lowest BCUT2D eigenvalue weighted by Gasteiger charge is -2.27. The van der Waals surface area contributed by atoms with Crippen molar-refractivity contribution in [3.05, 3.63) is 70.8 Å². The van der Waals surface area contributed by atoms with Crippen molar-refractivity contribution in [1.82, 2.24) is 0 Å². The molecule has 6 nitrogen and oxygen atoms in total. The van der Waals surface area contributed by atoms with Crippen molar-refractivity contribution >= 4 is 47.0 Å². The maximum Gasteiger partial charge on any atom is 0.147 e. The molecule has 4 aromatic rings. The van der Waals surface area contributed by atoms with Crippen molar-refractivity contribution in [3.63, 3.8) is 0 Å². The smallest absolute Gasteiger partial charge is 0.147 e. The average molecular weight is 807 g/mol. The highest BCUT2D eigenvalue weighted by molar-refractivity contribution is 8.01. The minimum Gasteiger partial charge on any atom is -0.506 e. The fourth-order valence-corrected chi connectivity index (χ4v) is 10.3. The first-order chi connectivity index (χ1) is 25.0. The van der Waals surface area contributed by atoms with E-state index in [9.17, 15) is 10.2 Å². The van der Waals surface area contributed by atoms with Crippen molar-refractivity contribution in [2.45, 2.75) is 144 Å². The molecular weight excluding hydrogens is 749 g/mol. The number of hydrogen-bond acceptors (Lipinski definition) is 10.